The summed E-state index contributed by atoms with van der Waals surface area (Å²) in [6, 6.07) is 8.67. The van der Waals surface area contributed by atoms with Crippen molar-refractivity contribution >= 4 is 27.7 Å². The molecule has 0 aliphatic rings. The SMILES string of the molecule is CCCc1nc(C(F)(F)F)ccc1/C=C/C(=O)NCc1ccc(NS(C)(=O)=O)cc1. The van der Waals surface area contributed by atoms with Crippen molar-refractivity contribution in [2.24, 2.45) is 0 Å². The number of anilines is 1. The number of nitrogens with zero attached hydrogens (tertiary/aromatic N) is 1. The Balaban J connectivity index is 2.00. The Labute approximate surface area is 173 Å². The number of nitrogens with one attached hydrogen (secondary N) is 2. The standard InChI is InChI=1S/C20H22F3N3O3S/c1-3-4-17-15(7-11-18(25-17)20(21,22)23)8-12-19(27)24-13-14-5-9-16(10-6-14)26-30(2,28)29/h5-12,26H,3-4,13H2,1-2H3,(H,24,27)/b12-8+. The van der Waals surface area contributed by atoms with Crippen LogP contribution in [0.4, 0.5) is 18.9 Å². The minimum atomic E-state index is -4.52. The maximum absolute atomic E-state index is 12.8. The van der Waals surface area contributed by atoms with Crippen molar-refractivity contribution in [1.29, 1.82) is 0 Å². The Morgan fingerprint density at radius 3 is 2.37 bits per heavy atom. The van der Waals surface area contributed by atoms with Crippen molar-refractivity contribution in [3.05, 3.63) is 65.0 Å². The molecule has 0 spiro atoms. The molecular weight excluding hydrogens is 419 g/mol. The number of hydrogen-bond donors (Lipinski definition) is 2. The van der Waals surface area contributed by atoms with Gasteiger partial charge in [0.25, 0.3) is 0 Å². The molecule has 1 aromatic heterocycles. The van der Waals surface area contributed by atoms with Crippen molar-refractivity contribution in [2.45, 2.75) is 32.5 Å². The largest absolute Gasteiger partial charge is 0.433 e. The Morgan fingerprint density at radius 1 is 1.13 bits per heavy atom. The molecule has 1 amide bonds. The van der Waals surface area contributed by atoms with E-state index in [-0.39, 0.29) is 12.2 Å². The zero-order valence-electron chi connectivity index (χ0n) is 16.5. The molecule has 1 heterocycles. The molecule has 0 atom stereocenters. The first kappa shape index (κ1) is 23.4. The minimum Gasteiger partial charge on any atom is -0.348 e. The van der Waals surface area contributed by atoms with Crippen LogP contribution < -0.4 is 10.0 Å². The molecule has 0 radical (unpaired) electrons. The topological polar surface area (TPSA) is 88.2 Å². The van der Waals surface area contributed by atoms with E-state index in [0.29, 0.717) is 24.1 Å². The number of carbonyl (C=O) groups excluding carboxylic acids is 1. The number of alkyl halides is 3. The smallest absolute Gasteiger partial charge is 0.348 e. The predicted octanol–water partition coefficient (Wildman–Crippen LogP) is 3.75. The third-order valence-corrected chi connectivity index (χ3v) is 4.53. The van der Waals surface area contributed by atoms with E-state index in [1.165, 1.54) is 18.2 Å². The number of benzene rings is 1. The molecule has 0 fully saturated rings. The van der Waals surface area contributed by atoms with E-state index < -0.39 is 27.8 Å². The van der Waals surface area contributed by atoms with E-state index in [0.717, 1.165) is 17.9 Å². The van der Waals surface area contributed by atoms with Gasteiger partial charge in [-0.15, -0.1) is 0 Å². The van der Waals surface area contributed by atoms with Crippen LogP contribution in [0.15, 0.2) is 42.5 Å². The summed E-state index contributed by atoms with van der Waals surface area (Å²) in [5.41, 5.74) is 0.937. The number of aromatic nitrogens is 1. The van der Waals surface area contributed by atoms with Gasteiger partial charge in [-0.1, -0.05) is 31.5 Å². The van der Waals surface area contributed by atoms with Crippen LogP contribution in [-0.2, 0) is 34.0 Å². The Bertz CT molecular complexity index is 1020. The van der Waals surface area contributed by atoms with Gasteiger partial charge in [0.15, 0.2) is 0 Å². The molecular formula is C20H22F3N3O3S. The first-order valence-corrected chi connectivity index (χ1v) is 11.0. The third-order valence-electron chi connectivity index (χ3n) is 3.92. The Hall–Kier alpha value is -2.88. The number of rotatable bonds is 8. The molecule has 0 bridgehead atoms. The molecule has 6 nitrogen and oxygen atoms in total. The van der Waals surface area contributed by atoms with Crippen LogP contribution in [0, 0.1) is 0 Å². The average Bonchev–Trinajstić information content (AvgIpc) is 2.64. The monoisotopic (exact) mass is 441 g/mol. The number of amides is 1. The van der Waals surface area contributed by atoms with Crippen LogP contribution in [0.25, 0.3) is 6.08 Å². The molecule has 2 N–H and O–H groups in total. The molecule has 2 rings (SSSR count). The highest BCUT2D eigenvalue weighted by molar-refractivity contribution is 7.92. The Kier molecular flexibility index (Phi) is 7.60. The summed E-state index contributed by atoms with van der Waals surface area (Å²) in [4.78, 5) is 15.7. The molecule has 0 saturated carbocycles. The molecule has 0 saturated heterocycles. The number of halogens is 3. The zero-order valence-corrected chi connectivity index (χ0v) is 17.3. The highest BCUT2D eigenvalue weighted by Crippen LogP contribution is 2.28. The van der Waals surface area contributed by atoms with Gasteiger partial charge in [-0.2, -0.15) is 13.2 Å². The fourth-order valence-electron chi connectivity index (χ4n) is 2.58. The lowest BCUT2D eigenvalue weighted by atomic mass is 10.1. The highest BCUT2D eigenvalue weighted by Gasteiger charge is 2.32. The fraction of sp³-hybridized carbons (Fsp3) is 0.300. The van der Waals surface area contributed by atoms with Crippen molar-refractivity contribution in [3.63, 3.8) is 0 Å². The van der Waals surface area contributed by atoms with Crippen LogP contribution in [0.2, 0.25) is 0 Å². The molecule has 162 valence electrons. The van der Waals surface area contributed by atoms with Gasteiger partial charge in [0.2, 0.25) is 15.9 Å². The number of hydrogen-bond acceptors (Lipinski definition) is 4. The highest BCUT2D eigenvalue weighted by atomic mass is 32.2. The second kappa shape index (κ2) is 9.75. The lowest BCUT2D eigenvalue weighted by Gasteiger charge is -2.10. The van der Waals surface area contributed by atoms with E-state index in [1.807, 2.05) is 6.92 Å². The maximum Gasteiger partial charge on any atom is 0.433 e. The van der Waals surface area contributed by atoms with Crippen LogP contribution >= 0.6 is 0 Å². The van der Waals surface area contributed by atoms with E-state index in [2.05, 4.69) is 15.0 Å². The molecule has 10 heteroatoms. The summed E-state index contributed by atoms with van der Waals surface area (Å²) in [7, 11) is -3.36. The van der Waals surface area contributed by atoms with Gasteiger partial charge in [-0.3, -0.25) is 9.52 Å². The van der Waals surface area contributed by atoms with E-state index in [1.54, 1.807) is 24.3 Å². The third kappa shape index (κ3) is 7.51. The Morgan fingerprint density at radius 2 is 1.80 bits per heavy atom. The van der Waals surface area contributed by atoms with Crippen molar-refractivity contribution in [2.75, 3.05) is 11.0 Å². The normalized spacial score (nSPS) is 12.2. The zero-order chi connectivity index (χ0) is 22.4. The lowest BCUT2D eigenvalue weighted by Crippen LogP contribution is -2.20. The summed E-state index contributed by atoms with van der Waals surface area (Å²) in [5.74, 6) is -0.421. The lowest BCUT2D eigenvalue weighted by molar-refractivity contribution is -0.141. The number of aryl methyl sites for hydroxylation is 1. The number of pyridine rings is 1. The first-order chi connectivity index (χ1) is 14.0. The summed E-state index contributed by atoms with van der Waals surface area (Å²) in [6.07, 6.45) is 0.181. The van der Waals surface area contributed by atoms with Gasteiger partial charge in [-0.25, -0.2) is 13.4 Å². The fourth-order valence-corrected chi connectivity index (χ4v) is 3.14. The second-order valence-electron chi connectivity index (χ2n) is 6.60. The second-order valence-corrected chi connectivity index (χ2v) is 8.35. The molecule has 0 unspecified atom stereocenters. The number of carbonyl (C=O) groups is 1. The van der Waals surface area contributed by atoms with E-state index in [4.69, 9.17) is 0 Å². The summed E-state index contributed by atoms with van der Waals surface area (Å²) >= 11 is 0. The quantitative estimate of drug-likeness (QED) is 0.611. The molecule has 30 heavy (non-hydrogen) atoms. The molecule has 1 aromatic carbocycles. The van der Waals surface area contributed by atoms with Crippen molar-refractivity contribution < 1.29 is 26.4 Å². The van der Waals surface area contributed by atoms with Gasteiger partial charge < -0.3 is 5.32 Å². The van der Waals surface area contributed by atoms with Gasteiger partial charge in [0.1, 0.15) is 5.69 Å². The van der Waals surface area contributed by atoms with Crippen LogP contribution in [0.1, 0.15) is 35.9 Å². The average molecular weight is 441 g/mol. The van der Waals surface area contributed by atoms with Crippen LogP contribution in [-0.4, -0.2) is 25.6 Å². The molecule has 0 aliphatic carbocycles. The van der Waals surface area contributed by atoms with Gasteiger partial charge in [0, 0.05) is 24.0 Å². The predicted molar refractivity (Wildman–Crippen MR) is 109 cm³/mol. The summed E-state index contributed by atoms with van der Waals surface area (Å²) in [5, 5.41) is 2.66. The minimum absolute atomic E-state index is 0.204. The van der Waals surface area contributed by atoms with Crippen LogP contribution in [0.3, 0.4) is 0 Å². The van der Waals surface area contributed by atoms with Crippen molar-refractivity contribution in [1.82, 2.24) is 10.3 Å². The molecule has 0 aliphatic heterocycles. The van der Waals surface area contributed by atoms with Gasteiger partial charge in [-0.05, 0) is 41.8 Å². The first-order valence-electron chi connectivity index (χ1n) is 9.07. The number of sulfonamides is 1. The van der Waals surface area contributed by atoms with Gasteiger partial charge >= 0.3 is 6.18 Å². The van der Waals surface area contributed by atoms with Crippen molar-refractivity contribution in [3.8, 4) is 0 Å². The van der Waals surface area contributed by atoms with Crippen LogP contribution in [0.5, 0.6) is 0 Å². The van der Waals surface area contributed by atoms with E-state index in [9.17, 15) is 26.4 Å². The molecule has 2 aromatic rings. The summed E-state index contributed by atoms with van der Waals surface area (Å²) in [6.45, 7) is 2.04. The van der Waals surface area contributed by atoms with E-state index >= 15 is 0 Å². The van der Waals surface area contributed by atoms with Gasteiger partial charge in [0.05, 0.1) is 6.26 Å². The maximum atomic E-state index is 12.8. The summed E-state index contributed by atoms with van der Waals surface area (Å²) < 4.78 is 63.2.